The number of rotatable bonds is 4. The largest absolute Gasteiger partial charge is 0.372 e. The molecule has 0 radical (unpaired) electrons. The summed E-state index contributed by atoms with van der Waals surface area (Å²) in [4.78, 5) is 13.7. The van der Waals surface area contributed by atoms with E-state index in [9.17, 15) is 4.79 Å². The molecule has 4 aromatic carbocycles. The Morgan fingerprint density at radius 2 is 1.44 bits per heavy atom. The van der Waals surface area contributed by atoms with E-state index in [1.165, 1.54) is 16.7 Å². The number of aryl methyl sites for hydroxylation is 2. The van der Waals surface area contributed by atoms with Gasteiger partial charge in [-0.3, -0.25) is 9.80 Å². The van der Waals surface area contributed by atoms with Gasteiger partial charge in [0.1, 0.15) is 0 Å². The second kappa shape index (κ2) is 10.6. The van der Waals surface area contributed by atoms with Crippen LogP contribution in [-0.2, 0) is 4.79 Å². The van der Waals surface area contributed by atoms with Crippen molar-refractivity contribution in [3.63, 3.8) is 0 Å². The Morgan fingerprint density at radius 3 is 2.14 bits per heavy atom. The summed E-state index contributed by atoms with van der Waals surface area (Å²) in [6, 6.07) is 34.0. The van der Waals surface area contributed by atoms with Crippen molar-refractivity contribution in [1.82, 2.24) is 0 Å². The molecule has 0 spiro atoms. The quantitative estimate of drug-likeness (QED) is 0.259. The Bertz CT molecular complexity index is 1750. The van der Waals surface area contributed by atoms with Crippen molar-refractivity contribution in [1.29, 1.82) is 0 Å². The van der Waals surface area contributed by atoms with Gasteiger partial charge in [0.05, 0.1) is 34.9 Å². The van der Waals surface area contributed by atoms with Gasteiger partial charge in [-0.25, -0.2) is 0 Å². The van der Waals surface area contributed by atoms with E-state index in [1.807, 2.05) is 6.07 Å². The molecule has 7 rings (SSSR count). The molecule has 4 aromatic rings. The van der Waals surface area contributed by atoms with Crippen molar-refractivity contribution in [2.45, 2.75) is 59.0 Å². The van der Waals surface area contributed by atoms with Crippen LogP contribution in [0.5, 0.6) is 0 Å². The first kappa shape index (κ1) is 27.2. The fourth-order valence-electron chi connectivity index (χ4n) is 6.77. The third-order valence-electron chi connectivity index (χ3n) is 9.12. The summed E-state index contributed by atoms with van der Waals surface area (Å²) in [5, 5.41) is 14.8. The number of hydrogen-bond donors (Lipinski definition) is 2. The van der Waals surface area contributed by atoms with E-state index in [4.69, 9.17) is 5.10 Å². The lowest BCUT2D eigenvalue weighted by molar-refractivity contribution is -0.118. The van der Waals surface area contributed by atoms with Crippen LogP contribution in [0, 0.1) is 19.3 Å². The summed E-state index contributed by atoms with van der Waals surface area (Å²) in [6.45, 7) is 8.64. The first-order valence-corrected chi connectivity index (χ1v) is 15.2. The lowest BCUT2D eigenvalue weighted by atomic mass is 9.73. The fraction of sp³-hybridized carbons (Fsp3) is 0.263. The molecule has 0 aromatic heterocycles. The number of hydrazone groups is 1. The van der Waals surface area contributed by atoms with Gasteiger partial charge in [0.15, 0.2) is 5.78 Å². The molecule has 5 nitrogen and oxygen atoms in total. The molecular weight excluding hydrogens is 528 g/mol. The molecule has 0 fully saturated rings. The van der Waals surface area contributed by atoms with Crippen LogP contribution in [0.1, 0.15) is 73.0 Å². The maximum absolute atomic E-state index is 13.7. The Labute approximate surface area is 254 Å². The van der Waals surface area contributed by atoms with Gasteiger partial charge in [0, 0.05) is 24.1 Å². The van der Waals surface area contributed by atoms with Crippen LogP contribution in [0.4, 0.5) is 17.1 Å². The third-order valence-corrected chi connectivity index (χ3v) is 9.12. The average molecular weight is 567 g/mol. The third kappa shape index (κ3) is 5.14. The fourth-order valence-corrected chi connectivity index (χ4v) is 6.77. The van der Waals surface area contributed by atoms with E-state index < -0.39 is 0 Å². The van der Waals surface area contributed by atoms with Crippen LogP contribution in [0.15, 0.2) is 113 Å². The molecule has 0 bridgehead atoms. The van der Waals surface area contributed by atoms with E-state index in [-0.39, 0.29) is 23.3 Å². The predicted molar refractivity (Wildman–Crippen MR) is 177 cm³/mol. The van der Waals surface area contributed by atoms with Gasteiger partial charge >= 0.3 is 0 Å². The van der Waals surface area contributed by atoms with Crippen molar-refractivity contribution in [3.8, 4) is 0 Å². The average Bonchev–Trinajstić information content (AvgIpc) is 3.38. The molecule has 3 aliphatic rings. The van der Waals surface area contributed by atoms with E-state index in [0.717, 1.165) is 58.0 Å². The molecule has 2 aliphatic heterocycles. The highest BCUT2D eigenvalue weighted by Gasteiger charge is 2.39. The number of anilines is 3. The number of fused-ring (bicyclic) bond motifs is 1. The monoisotopic (exact) mass is 566 g/mol. The second-order valence-corrected chi connectivity index (χ2v) is 13.0. The molecule has 0 saturated carbocycles. The Kier molecular flexibility index (Phi) is 6.69. The number of benzene rings is 4. The highest BCUT2D eigenvalue weighted by molar-refractivity contribution is 6.03. The van der Waals surface area contributed by atoms with Crippen LogP contribution in [0.2, 0.25) is 0 Å². The summed E-state index contributed by atoms with van der Waals surface area (Å²) >= 11 is 0. The van der Waals surface area contributed by atoms with Crippen LogP contribution in [0.3, 0.4) is 0 Å². The number of carbonyl (C=O) groups excluding carboxylic acids is 1. The highest BCUT2D eigenvalue weighted by Crippen LogP contribution is 2.46. The lowest BCUT2D eigenvalue weighted by Gasteiger charge is -2.34. The number of nitrogens with one attached hydrogen (secondary N) is 2. The number of allylic oxidation sites excluding steroid dienone is 1. The standard InChI is InChI=1S/C38H38N4O/c1-24-19-31-32(20-25(24)2)40-37(36-33(39-31)22-38(3,4)23-35(36)43)28-15-17-29(18-16-28)42-34(27-13-9-6-10-14-27)21-30(41-42)26-11-7-5-8-12-26/h5-20,34,37,39-40H,21-23H2,1-4H3. The van der Waals surface area contributed by atoms with Crippen LogP contribution >= 0.6 is 0 Å². The molecule has 0 saturated heterocycles. The van der Waals surface area contributed by atoms with Crippen molar-refractivity contribution in [2.75, 3.05) is 15.6 Å². The van der Waals surface area contributed by atoms with Gasteiger partial charge in [0.2, 0.25) is 0 Å². The minimum atomic E-state index is -0.240. The Balaban J connectivity index is 1.28. The number of Topliss-reactive ketones (excluding diaryl/α,β-unsaturated/α-hetero) is 1. The number of hydrogen-bond acceptors (Lipinski definition) is 5. The molecule has 43 heavy (non-hydrogen) atoms. The topological polar surface area (TPSA) is 56.7 Å². The van der Waals surface area contributed by atoms with Crippen LogP contribution < -0.4 is 15.6 Å². The van der Waals surface area contributed by atoms with Crippen LogP contribution in [0.25, 0.3) is 0 Å². The highest BCUT2D eigenvalue weighted by atomic mass is 16.1. The number of carbonyl (C=O) groups is 1. The summed E-state index contributed by atoms with van der Waals surface area (Å²) in [5.41, 5.74) is 11.9. The summed E-state index contributed by atoms with van der Waals surface area (Å²) < 4.78 is 0. The summed E-state index contributed by atoms with van der Waals surface area (Å²) in [6.07, 6.45) is 2.21. The van der Waals surface area contributed by atoms with Crippen LogP contribution in [-0.4, -0.2) is 11.5 Å². The Morgan fingerprint density at radius 1 is 0.791 bits per heavy atom. The second-order valence-electron chi connectivity index (χ2n) is 13.0. The van der Waals surface area contributed by atoms with Gasteiger partial charge in [-0.15, -0.1) is 0 Å². The molecule has 5 heteroatoms. The van der Waals surface area contributed by atoms with Crippen molar-refractivity contribution in [3.05, 3.63) is 136 Å². The van der Waals surface area contributed by atoms with Gasteiger partial charge < -0.3 is 10.6 Å². The molecule has 2 atom stereocenters. The normalized spacial score (nSPS) is 20.9. The van der Waals surface area contributed by atoms with Crippen molar-refractivity contribution < 1.29 is 4.79 Å². The number of ketones is 1. The zero-order valence-electron chi connectivity index (χ0n) is 25.3. The molecule has 2 heterocycles. The summed E-state index contributed by atoms with van der Waals surface area (Å²) in [5.74, 6) is 0.211. The van der Waals surface area contributed by atoms with Gasteiger partial charge in [-0.2, -0.15) is 5.10 Å². The van der Waals surface area contributed by atoms with E-state index >= 15 is 0 Å². The predicted octanol–water partition coefficient (Wildman–Crippen LogP) is 8.88. The first-order chi connectivity index (χ1) is 20.8. The molecule has 216 valence electrons. The smallest absolute Gasteiger partial charge is 0.163 e. The molecular formula is C38H38N4O. The Hall–Kier alpha value is -4.64. The summed E-state index contributed by atoms with van der Waals surface area (Å²) in [7, 11) is 0. The minimum Gasteiger partial charge on any atom is -0.372 e. The van der Waals surface area contributed by atoms with Crippen molar-refractivity contribution >= 4 is 28.6 Å². The van der Waals surface area contributed by atoms with Gasteiger partial charge in [-0.1, -0.05) is 86.6 Å². The molecule has 0 amide bonds. The first-order valence-electron chi connectivity index (χ1n) is 15.2. The maximum atomic E-state index is 13.7. The zero-order valence-corrected chi connectivity index (χ0v) is 25.3. The maximum Gasteiger partial charge on any atom is 0.163 e. The van der Waals surface area contributed by atoms with E-state index in [0.29, 0.717) is 6.42 Å². The van der Waals surface area contributed by atoms with Crippen molar-refractivity contribution in [2.24, 2.45) is 10.5 Å². The van der Waals surface area contributed by atoms with Gasteiger partial charge in [0.25, 0.3) is 0 Å². The van der Waals surface area contributed by atoms with E-state index in [1.54, 1.807) is 0 Å². The molecule has 1 aliphatic carbocycles. The zero-order chi connectivity index (χ0) is 29.7. The van der Waals surface area contributed by atoms with Gasteiger partial charge in [-0.05, 0) is 77.8 Å². The van der Waals surface area contributed by atoms with E-state index in [2.05, 4.69) is 134 Å². The lowest BCUT2D eigenvalue weighted by Crippen LogP contribution is -2.31. The molecule has 2 N–H and O–H groups in total. The SMILES string of the molecule is Cc1cc2c(cc1C)NC(c1ccc(N3N=C(c4ccccc4)CC3c3ccccc3)cc1)C1=C(CC(C)(C)CC1=O)N2. The minimum absolute atomic E-state index is 0.0851. The number of nitrogens with zero attached hydrogens (tertiary/aromatic N) is 2. The molecule has 2 unspecified atom stereocenters.